The van der Waals surface area contributed by atoms with E-state index in [4.69, 9.17) is 6.42 Å². The Balaban J connectivity index is 2.33. The van der Waals surface area contributed by atoms with Crippen LogP contribution in [0, 0.1) is 12.3 Å². The molecule has 56 valence electrons. The predicted octanol–water partition coefficient (Wildman–Crippen LogP) is 1.10. The van der Waals surface area contributed by atoms with Crippen molar-refractivity contribution in [3.8, 4) is 12.3 Å². The van der Waals surface area contributed by atoms with Crippen LogP contribution in [0.5, 0.6) is 0 Å². The van der Waals surface area contributed by atoms with Crippen molar-refractivity contribution in [2.45, 2.75) is 31.5 Å². The highest BCUT2D eigenvalue weighted by Crippen LogP contribution is 2.11. The largest absolute Gasteiger partial charge is 0.310 e. The summed E-state index contributed by atoms with van der Waals surface area (Å²) in [5, 5.41) is 3.05. The monoisotopic (exact) mass is 141 g/mol. The van der Waals surface area contributed by atoms with Gasteiger partial charge in [0.1, 0.15) is 0 Å². The molecule has 0 saturated carbocycles. The molecule has 1 nitrogen and oxygen atoms in total. The molecule has 0 aliphatic carbocycles. The first-order valence-corrected chi connectivity index (χ1v) is 3.68. The third-order valence-corrected chi connectivity index (χ3v) is 1.86. The first-order valence-electron chi connectivity index (χ1n) is 3.68. The normalized spacial score (nSPS) is 29.0. The van der Waals surface area contributed by atoms with Gasteiger partial charge < -0.3 is 5.32 Å². The van der Waals surface area contributed by atoms with E-state index in [1.165, 1.54) is 0 Å². The maximum absolute atomic E-state index is 12.7. The van der Waals surface area contributed by atoms with Crippen LogP contribution in [0.1, 0.15) is 19.3 Å². The first kappa shape index (κ1) is 7.56. The van der Waals surface area contributed by atoms with E-state index in [2.05, 4.69) is 11.2 Å². The maximum atomic E-state index is 12.7. The zero-order valence-corrected chi connectivity index (χ0v) is 5.94. The standard InChI is InChI=1S/C8H12FN/c1-2-7(9)8-5-3-4-6-10-8/h1,7-8,10H,3-6H2. The smallest absolute Gasteiger partial charge is 0.175 e. The average molecular weight is 141 g/mol. The van der Waals surface area contributed by atoms with Crippen LogP contribution in [-0.2, 0) is 0 Å². The number of terminal acetylenes is 1. The SMILES string of the molecule is C#CC(F)C1CCCCN1. The second-order valence-electron chi connectivity index (χ2n) is 2.62. The van der Waals surface area contributed by atoms with E-state index in [9.17, 15) is 4.39 Å². The number of hydrogen-bond donors (Lipinski definition) is 1. The van der Waals surface area contributed by atoms with Crippen molar-refractivity contribution >= 4 is 0 Å². The molecule has 0 amide bonds. The van der Waals surface area contributed by atoms with Gasteiger partial charge in [-0.3, -0.25) is 0 Å². The number of alkyl halides is 1. The van der Waals surface area contributed by atoms with Crippen molar-refractivity contribution in [2.24, 2.45) is 0 Å². The number of rotatable bonds is 1. The van der Waals surface area contributed by atoms with E-state index in [0.717, 1.165) is 25.8 Å². The third kappa shape index (κ3) is 1.71. The molecular weight excluding hydrogens is 129 g/mol. The van der Waals surface area contributed by atoms with Gasteiger partial charge in [-0.2, -0.15) is 0 Å². The number of hydrogen-bond acceptors (Lipinski definition) is 1. The molecule has 2 heteroatoms. The summed E-state index contributed by atoms with van der Waals surface area (Å²) in [5.41, 5.74) is 0. The molecule has 1 rings (SSSR count). The highest BCUT2D eigenvalue weighted by atomic mass is 19.1. The number of nitrogens with one attached hydrogen (secondary N) is 1. The van der Waals surface area contributed by atoms with Crippen LogP contribution >= 0.6 is 0 Å². The molecule has 10 heavy (non-hydrogen) atoms. The third-order valence-electron chi connectivity index (χ3n) is 1.86. The Morgan fingerprint density at radius 1 is 1.60 bits per heavy atom. The molecule has 0 aromatic rings. The fourth-order valence-corrected chi connectivity index (χ4v) is 1.24. The van der Waals surface area contributed by atoms with Crippen molar-refractivity contribution < 1.29 is 4.39 Å². The van der Waals surface area contributed by atoms with Crippen LogP contribution in [0.4, 0.5) is 4.39 Å². The highest BCUT2D eigenvalue weighted by molar-refractivity contribution is 5.00. The molecule has 1 aliphatic heterocycles. The molecule has 0 aromatic heterocycles. The summed E-state index contributed by atoms with van der Waals surface area (Å²) in [5.74, 6) is 2.11. The predicted molar refractivity (Wildman–Crippen MR) is 39.4 cm³/mol. The summed E-state index contributed by atoms with van der Waals surface area (Å²) in [7, 11) is 0. The van der Waals surface area contributed by atoms with E-state index in [1.807, 2.05) is 0 Å². The van der Waals surface area contributed by atoms with E-state index in [0.29, 0.717) is 0 Å². The Morgan fingerprint density at radius 2 is 2.40 bits per heavy atom. The molecular formula is C8H12FN. The van der Waals surface area contributed by atoms with Gasteiger partial charge in [0.2, 0.25) is 0 Å². The lowest BCUT2D eigenvalue weighted by atomic mass is 10.0. The van der Waals surface area contributed by atoms with Crippen LogP contribution in [0.15, 0.2) is 0 Å². The Morgan fingerprint density at radius 3 is 2.90 bits per heavy atom. The molecule has 0 bridgehead atoms. The van der Waals surface area contributed by atoms with Gasteiger partial charge >= 0.3 is 0 Å². The van der Waals surface area contributed by atoms with Gasteiger partial charge in [-0.25, -0.2) is 4.39 Å². The van der Waals surface area contributed by atoms with Crippen LogP contribution < -0.4 is 5.32 Å². The quantitative estimate of drug-likeness (QED) is 0.539. The number of halogens is 1. The minimum Gasteiger partial charge on any atom is -0.310 e. The summed E-state index contributed by atoms with van der Waals surface area (Å²) in [4.78, 5) is 0. The minimum atomic E-state index is -1.10. The van der Waals surface area contributed by atoms with Gasteiger partial charge in [0, 0.05) is 6.04 Å². The van der Waals surface area contributed by atoms with Crippen molar-refractivity contribution in [3.05, 3.63) is 0 Å². The minimum absolute atomic E-state index is 0.0845. The van der Waals surface area contributed by atoms with E-state index in [-0.39, 0.29) is 6.04 Å². The molecule has 2 unspecified atom stereocenters. The highest BCUT2D eigenvalue weighted by Gasteiger charge is 2.19. The topological polar surface area (TPSA) is 12.0 Å². The van der Waals surface area contributed by atoms with Crippen molar-refractivity contribution in [1.82, 2.24) is 5.32 Å². The molecule has 0 aromatic carbocycles. The molecule has 0 spiro atoms. The zero-order valence-electron chi connectivity index (χ0n) is 5.94. The van der Waals surface area contributed by atoms with Crippen LogP contribution in [0.25, 0.3) is 0 Å². The lowest BCUT2D eigenvalue weighted by Gasteiger charge is -2.23. The summed E-state index contributed by atoms with van der Waals surface area (Å²) >= 11 is 0. The van der Waals surface area contributed by atoms with Crippen molar-refractivity contribution in [1.29, 1.82) is 0 Å². The van der Waals surface area contributed by atoms with Crippen LogP contribution in [0.2, 0.25) is 0 Å². The Bertz CT molecular complexity index is 133. The lowest BCUT2D eigenvalue weighted by molar-refractivity contribution is 0.268. The van der Waals surface area contributed by atoms with Gasteiger partial charge in [0.15, 0.2) is 6.17 Å². The van der Waals surface area contributed by atoms with Crippen molar-refractivity contribution in [2.75, 3.05) is 6.54 Å². The summed E-state index contributed by atoms with van der Waals surface area (Å²) < 4.78 is 12.7. The van der Waals surface area contributed by atoms with E-state index >= 15 is 0 Å². The molecule has 1 N–H and O–H groups in total. The van der Waals surface area contributed by atoms with Crippen LogP contribution in [0.3, 0.4) is 0 Å². The van der Waals surface area contributed by atoms with Gasteiger partial charge in [0.05, 0.1) is 0 Å². The van der Waals surface area contributed by atoms with Gasteiger partial charge in [-0.15, -0.1) is 6.42 Å². The summed E-state index contributed by atoms with van der Waals surface area (Å²) in [6.07, 6.45) is 6.96. The second-order valence-corrected chi connectivity index (χ2v) is 2.62. The van der Waals surface area contributed by atoms with Crippen LogP contribution in [-0.4, -0.2) is 18.8 Å². The average Bonchev–Trinajstić information content (AvgIpc) is 2.05. The summed E-state index contributed by atoms with van der Waals surface area (Å²) in [6.45, 7) is 0.909. The van der Waals surface area contributed by atoms with Gasteiger partial charge in [0.25, 0.3) is 0 Å². The molecule has 1 heterocycles. The molecule has 0 radical (unpaired) electrons. The van der Waals surface area contributed by atoms with Crippen molar-refractivity contribution in [3.63, 3.8) is 0 Å². The maximum Gasteiger partial charge on any atom is 0.175 e. The Kier molecular flexibility index (Phi) is 2.70. The lowest BCUT2D eigenvalue weighted by Crippen LogP contribution is -2.40. The number of piperidine rings is 1. The summed E-state index contributed by atoms with van der Waals surface area (Å²) in [6, 6.07) is -0.0845. The molecule has 1 aliphatic rings. The second kappa shape index (κ2) is 3.58. The zero-order chi connectivity index (χ0) is 7.40. The van der Waals surface area contributed by atoms with Gasteiger partial charge in [-0.05, 0) is 19.4 Å². The first-order chi connectivity index (χ1) is 4.84. The molecule has 1 saturated heterocycles. The Labute approximate surface area is 61.0 Å². The Hall–Kier alpha value is -0.550. The van der Waals surface area contributed by atoms with E-state index in [1.54, 1.807) is 0 Å². The van der Waals surface area contributed by atoms with E-state index < -0.39 is 6.17 Å². The van der Waals surface area contributed by atoms with Gasteiger partial charge in [-0.1, -0.05) is 12.3 Å². The molecule has 2 atom stereocenters. The fraction of sp³-hybridized carbons (Fsp3) is 0.750. The molecule has 1 fully saturated rings. The fourth-order valence-electron chi connectivity index (χ4n) is 1.24.